The van der Waals surface area contributed by atoms with E-state index in [4.69, 9.17) is 5.11 Å². The van der Waals surface area contributed by atoms with Crippen LogP contribution in [0.1, 0.15) is 28.4 Å². The summed E-state index contributed by atoms with van der Waals surface area (Å²) >= 11 is 1.33. The van der Waals surface area contributed by atoms with E-state index in [1.807, 2.05) is 38.1 Å². The molecule has 6 heteroatoms. The van der Waals surface area contributed by atoms with Crippen molar-refractivity contribution in [2.24, 2.45) is 4.99 Å². The first-order valence-electron chi connectivity index (χ1n) is 8.18. The Balaban J connectivity index is 1.88. The van der Waals surface area contributed by atoms with Crippen LogP contribution in [0, 0.1) is 6.92 Å². The first-order chi connectivity index (χ1) is 12.5. The van der Waals surface area contributed by atoms with E-state index < -0.39 is 5.97 Å². The van der Waals surface area contributed by atoms with E-state index in [9.17, 15) is 9.59 Å². The van der Waals surface area contributed by atoms with Crippen molar-refractivity contribution in [3.63, 3.8) is 0 Å². The number of hydrogen-bond acceptors (Lipinski definition) is 4. The largest absolute Gasteiger partial charge is 0.478 e. The fraction of sp³-hybridized carbons (Fsp3) is 0.150. The second-order valence-corrected chi connectivity index (χ2v) is 6.83. The molecule has 0 radical (unpaired) electrons. The maximum Gasteiger partial charge on any atom is 0.335 e. The average Bonchev–Trinajstić information content (AvgIpc) is 2.92. The Kier molecular flexibility index (Phi) is 5.23. The first kappa shape index (κ1) is 17.9. The third-order valence-corrected chi connectivity index (χ3v) is 4.93. The zero-order chi connectivity index (χ0) is 18.7. The summed E-state index contributed by atoms with van der Waals surface area (Å²) < 4.78 is 0. The summed E-state index contributed by atoms with van der Waals surface area (Å²) in [6.07, 6.45) is 1.76. The van der Waals surface area contributed by atoms with Gasteiger partial charge in [-0.2, -0.15) is 0 Å². The molecule has 0 spiro atoms. The van der Waals surface area contributed by atoms with Gasteiger partial charge in [-0.25, -0.2) is 9.79 Å². The van der Waals surface area contributed by atoms with Gasteiger partial charge >= 0.3 is 5.97 Å². The highest BCUT2D eigenvalue weighted by Gasteiger charge is 2.32. The summed E-state index contributed by atoms with van der Waals surface area (Å²) in [5.41, 5.74) is 2.95. The Hall–Kier alpha value is -2.86. The molecular weight excluding hydrogens is 348 g/mol. The Bertz CT molecular complexity index is 900. The maximum absolute atomic E-state index is 12.6. The summed E-state index contributed by atoms with van der Waals surface area (Å²) in [4.78, 5) is 30.4. The maximum atomic E-state index is 12.6. The molecule has 0 atom stereocenters. The zero-order valence-corrected chi connectivity index (χ0v) is 15.3. The van der Waals surface area contributed by atoms with Crippen LogP contribution in [0.15, 0.2) is 58.4 Å². The van der Waals surface area contributed by atoms with Crippen LogP contribution in [0.4, 0.5) is 5.69 Å². The van der Waals surface area contributed by atoms with Crippen LogP contribution < -0.4 is 0 Å². The first-order valence-corrected chi connectivity index (χ1v) is 8.99. The van der Waals surface area contributed by atoms with Crippen molar-refractivity contribution in [2.45, 2.75) is 13.8 Å². The number of hydrogen-bond donors (Lipinski definition) is 1. The van der Waals surface area contributed by atoms with E-state index in [0.717, 1.165) is 16.8 Å². The Morgan fingerprint density at radius 2 is 1.81 bits per heavy atom. The minimum absolute atomic E-state index is 0.0920. The van der Waals surface area contributed by atoms with E-state index >= 15 is 0 Å². The molecule has 1 amide bonds. The highest BCUT2D eigenvalue weighted by atomic mass is 32.2. The number of carbonyl (C=O) groups is 2. The molecule has 1 N–H and O–H groups in total. The molecule has 1 heterocycles. The molecule has 2 aromatic carbocycles. The molecule has 1 aliphatic heterocycles. The van der Waals surface area contributed by atoms with Crippen molar-refractivity contribution in [1.82, 2.24) is 4.90 Å². The summed E-state index contributed by atoms with van der Waals surface area (Å²) in [6, 6.07) is 14.2. The van der Waals surface area contributed by atoms with Gasteiger partial charge < -0.3 is 5.11 Å². The van der Waals surface area contributed by atoms with Crippen LogP contribution >= 0.6 is 11.8 Å². The van der Waals surface area contributed by atoms with Crippen molar-refractivity contribution in [3.8, 4) is 0 Å². The molecule has 1 aliphatic rings. The Morgan fingerprint density at radius 1 is 1.15 bits per heavy atom. The molecule has 1 saturated heterocycles. The normalized spacial score (nSPS) is 17.3. The number of carbonyl (C=O) groups excluding carboxylic acids is 1. The minimum Gasteiger partial charge on any atom is -0.478 e. The number of thioether (sulfide) groups is 1. The number of likely N-dealkylation sites (N-methyl/N-ethyl adjacent to an activating group) is 1. The van der Waals surface area contributed by atoms with Crippen LogP contribution in [0.2, 0.25) is 0 Å². The summed E-state index contributed by atoms with van der Waals surface area (Å²) in [5.74, 6) is -1.06. The number of amides is 1. The summed E-state index contributed by atoms with van der Waals surface area (Å²) in [5, 5.41) is 9.61. The van der Waals surface area contributed by atoms with Gasteiger partial charge in [0.15, 0.2) is 5.17 Å². The van der Waals surface area contributed by atoms with E-state index in [0.29, 0.717) is 16.6 Å². The third-order valence-electron chi connectivity index (χ3n) is 3.92. The smallest absolute Gasteiger partial charge is 0.335 e. The quantitative estimate of drug-likeness (QED) is 0.818. The van der Waals surface area contributed by atoms with Crippen molar-refractivity contribution < 1.29 is 14.7 Å². The number of nitrogens with zero attached hydrogens (tertiary/aromatic N) is 2. The van der Waals surface area contributed by atoms with Crippen LogP contribution in [0.25, 0.3) is 6.08 Å². The molecule has 3 rings (SSSR count). The topological polar surface area (TPSA) is 70.0 Å². The van der Waals surface area contributed by atoms with Crippen molar-refractivity contribution >= 4 is 40.6 Å². The molecule has 2 aromatic rings. The Labute approximate surface area is 156 Å². The number of carboxylic acids is 1. The highest BCUT2D eigenvalue weighted by Crippen LogP contribution is 2.34. The number of benzene rings is 2. The van der Waals surface area contributed by atoms with Gasteiger partial charge in [0, 0.05) is 6.54 Å². The molecule has 0 unspecified atom stereocenters. The van der Waals surface area contributed by atoms with Crippen LogP contribution in [0.5, 0.6) is 0 Å². The Morgan fingerprint density at radius 3 is 2.38 bits per heavy atom. The fourth-order valence-electron chi connectivity index (χ4n) is 2.47. The molecule has 0 saturated carbocycles. The number of amidine groups is 1. The molecule has 5 nitrogen and oxygen atoms in total. The second kappa shape index (κ2) is 7.58. The van der Waals surface area contributed by atoms with Gasteiger partial charge in [-0.05, 0) is 61.5 Å². The molecule has 132 valence electrons. The van der Waals surface area contributed by atoms with Gasteiger partial charge in [-0.15, -0.1) is 0 Å². The predicted molar refractivity (Wildman–Crippen MR) is 105 cm³/mol. The molecule has 0 aromatic heterocycles. The predicted octanol–water partition coefficient (Wildman–Crippen LogP) is 4.32. The number of aromatic carboxylic acids is 1. The molecule has 0 bridgehead atoms. The number of rotatable bonds is 4. The van der Waals surface area contributed by atoms with E-state index in [1.165, 1.54) is 23.9 Å². The average molecular weight is 366 g/mol. The van der Waals surface area contributed by atoms with Crippen LogP contribution in [-0.4, -0.2) is 33.6 Å². The molecule has 1 fully saturated rings. The standard InChI is InChI=1S/C20H18N2O3S/c1-3-22-18(23)17(12-14-6-8-15(9-7-14)19(24)25)26-20(22)21-16-10-4-13(2)5-11-16/h4-12H,3H2,1-2H3,(H,24,25)/b17-12+,21-20?. The van der Waals surface area contributed by atoms with Crippen molar-refractivity contribution in [2.75, 3.05) is 6.54 Å². The van der Waals surface area contributed by atoms with Crippen LogP contribution in [-0.2, 0) is 4.79 Å². The molecular formula is C20H18N2O3S. The lowest BCUT2D eigenvalue weighted by atomic mass is 10.1. The molecule has 0 aliphatic carbocycles. The highest BCUT2D eigenvalue weighted by molar-refractivity contribution is 8.18. The van der Waals surface area contributed by atoms with Gasteiger partial charge in [0.05, 0.1) is 16.2 Å². The van der Waals surface area contributed by atoms with Gasteiger partial charge in [-0.3, -0.25) is 9.69 Å². The van der Waals surface area contributed by atoms with Gasteiger partial charge in [0.1, 0.15) is 0 Å². The number of carboxylic acid groups (broad SMARTS) is 1. The van der Waals surface area contributed by atoms with Gasteiger partial charge in [0.25, 0.3) is 5.91 Å². The minimum atomic E-state index is -0.972. The van der Waals surface area contributed by atoms with E-state index in [-0.39, 0.29) is 11.5 Å². The third kappa shape index (κ3) is 3.86. The number of aryl methyl sites for hydroxylation is 1. The van der Waals surface area contributed by atoms with Gasteiger partial charge in [-0.1, -0.05) is 29.8 Å². The van der Waals surface area contributed by atoms with E-state index in [1.54, 1.807) is 23.1 Å². The van der Waals surface area contributed by atoms with Crippen LogP contribution in [0.3, 0.4) is 0 Å². The van der Waals surface area contributed by atoms with Gasteiger partial charge in [0.2, 0.25) is 0 Å². The molecule has 26 heavy (non-hydrogen) atoms. The lowest BCUT2D eigenvalue weighted by Crippen LogP contribution is -2.28. The van der Waals surface area contributed by atoms with Crippen molar-refractivity contribution in [3.05, 3.63) is 70.1 Å². The van der Waals surface area contributed by atoms with Crippen molar-refractivity contribution in [1.29, 1.82) is 0 Å². The monoisotopic (exact) mass is 366 g/mol. The second-order valence-electron chi connectivity index (χ2n) is 5.82. The zero-order valence-electron chi connectivity index (χ0n) is 14.5. The summed E-state index contributed by atoms with van der Waals surface area (Å²) in [6.45, 7) is 4.46. The lowest BCUT2D eigenvalue weighted by molar-refractivity contribution is -0.122. The fourth-order valence-corrected chi connectivity index (χ4v) is 3.54. The van der Waals surface area contributed by atoms with E-state index in [2.05, 4.69) is 4.99 Å². The SMILES string of the molecule is CCN1C(=O)/C(=C\c2ccc(C(=O)O)cc2)SC1=Nc1ccc(C)cc1. The number of aliphatic imine (C=N–C) groups is 1. The lowest BCUT2D eigenvalue weighted by Gasteiger charge is -2.12. The summed E-state index contributed by atoms with van der Waals surface area (Å²) in [7, 11) is 0.